The number of rotatable bonds is 9. The molecule has 5 heteroatoms. The lowest BCUT2D eigenvalue weighted by molar-refractivity contribution is -0.119. The summed E-state index contributed by atoms with van der Waals surface area (Å²) in [7, 11) is 0. The van der Waals surface area contributed by atoms with Crippen molar-refractivity contribution in [1.29, 1.82) is 0 Å². The molecule has 1 aromatic carbocycles. The van der Waals surface area contributed by atoms with Crippen LogP contribution in [0.1, 0.15) is 26.2 Å². The van der Waals surface area contributed by atoms with Crippen LogP contribution in [-0.2, 0) is 4.79 Å². The highest BCUT2D eigenvalue weighted by Crippen LogP contribution is 2.18. The zero-order valence-electron chi connectivity index (χ0n) is 12.1. The third kappa shape index (κ3) is 5.57. The summed E-state index contributed by atoms with van der Waals surface area (Å²) in [6.07, 6.45) is 2.70. The Labute approximate surface area is 120 Å². The van der Waals surface area contributed by atoms with Gasteiger partial charge in [0.15, 0.2) is 0 Å². The topological polar surface area (TPSA) is 58.4 Å². The molecule has 0 radical (unpaired) electrons. The molecule has 0 aliphatic carbocycles. The molecule has 1 rings (SSSR count). The lowest BCUT2D eigenvalue weighted by Gasteiger charge is -2.24. The Morgan fingerprint density at radius 1 is 1.35 bits per heavy atom. The predicted octanol–water partition coefficient (Wildman–Crippen LogP) is 1.90. The second kappa shape index (κ2) is 9.31. The molecule has 0 spiro atoms. The van der Waals surface area contributed by atoms with Gasteiger partial charge < -0.3 is 16.0 Å². The van der Waals surface area contributed by atoms with Crippen LogP contribution in [0, 0.1) is 5.82 Å². The number of nitrogens with zero attached hydrogens (tertiary/aromatic N) is 1. The smallest absolute Gasteiger partial charge is 0.239 e. The molecule has 0 fully saturated rings. The van der Waals surface area contributed by atoms with Crippen molar-refractivity contribution in [2.45, 2.75) is 26.2 Å². The van der Waals surface area contributed by atoms with Crippen molar-refractivity contribution in [2.24, 2.45) is 5.73 Å². The summed E-state index contributed by atoms with van der Waals surface area (Å²) < 4.78 is 13.8. The number of anilines is 1. The number of benzene rings is 1. The summed E-state index contributed by atoms with van der Waals surface area (Å²) in [5, 5.41) is 2.85. The van der Waals surface area contributed by atoms with Gasteiger partial charge in [0.2, 0.25) is 5.91 Å². The van der Waals surface area contributed by atoms with Crippen LogP contribution in [-0.4, -0.2) is 32.1 Å². The summed E-state index contributed by atoms with van der Waals surface area (Å²) in [5.74, 6) is -0.399. The van der Waals surface area contributed by atoms with E-state index in [4.69, 9.17) is 5.73 Å². The number of para-hydroxylation sites is 1. The molecule has 0 bridgehead atoms. The third-order valence-corrected chi connectivity index (χ3v) is 3.01. The first kappa shape index (κ1) is 16.4. The standard InChI is InChI=1S/C15H24FN3O/c1-2-3-10-18-15(20)12-19(11-6-9-17)14-8-5-4-7-13(14)16/h4-5,7-8H,2-3,6,9-12,17H2,1H3,(H,18,20). The van der Waals surface area contributed by atoms with E-state index in [2.05, 4.69) is 12.2 Å². The number of hydrogen-bond donors (Lipinski definition) is 2. The summed E-state index contributed by atoms with van der Waals surface area (Å²) in [5.41, 5.74) is 5.95. The average molecular weight is 281 g/mol. The van der Waals surface area contributed by atoms with E-state index in [1.807, 2.05) is 0 Å². The second-order valence-electron chi connectivity index (χ2n) is 4.72. The first-order valence-electron chi connectivity index (χ1n) is 7.15. The van der Waals surface area contributed by atoms with E-state index < -0.39 is 0 Å². The SMILES string of the molecule is CCCCNC(=O)CN(CCCN)c1ccccc1F. The Morgan fingerprint density at radius 2 is 2.10 bits per heavy atom. The van der Waals surface area contributed by atoms with Gasteiger partial charge >= 0.3 is 0 Å². The molecule has 0 saturated heterocycles. The highest BCUT2D eigenvalue weighted by atomic mass is 19.1. The first-order valence-corrected chi connectivity index (χ1v) is 7.15. The number of carbonyl (C=O) groups is 1. The van der Waals surface area contributed by atoms with Gasteiger partial charge in [0.05, 0.1) is 12.2 Å². The third-order valence-electron chi connectivity index (χ3n) is 3.01. The van der Waals surface area contributed by atoms with E-state index in [0.717, 1.165) is 19.3 Å². The minimum absolute atomic E-state index is 0.0845. The van der Waals surface area contributed by atoms with Crippen molar-refractivity contribution in [3.8, 4) is 0 Å². The number of amides is 1. The van der Waals surface area contributed by atoms with E-state index in [9.17, 15) is 9.18 Å². The summed E-state index contributed by atoms with van der Waals surface area (Å²) in [6.45, 7) is 3.97. The van der Waals surface area contributed by atoms with E-state index >= 15 is 0 Å². The van der Waals surface area contributed by atoms with Crippen molar-refractivity contribution in [3.63, 3.8) is 0 Å². The molecule has 0 atom stereocenters. The molecule has 4 nitrogen and oxygen atoms in total. The maximum atomic E-state index is 13.8. The van der Waals surface area contributed by atoms with Gasteiger partial charge in [-0.15, -0.1) is 0 Å². The number of nitrogens with two attached hydrogens (primary N) is 1. The fourth-order valence-corrected chi connectivity index (χ4v) is 1.91. The van der Waals surface area contributed by atoms with E-state index in [-0.39, 0.29) is 18.3 Å². The Balaban J connectivity index is 2.65. The van der Waals surface area contributed by atoms with E-state index in [1.54, 1.807) is 23.1 Å². The second-order valence-corrected chi connectivity index (χ2v) is 4.72. The largest absolute Gasteiger partial charge is 0.360 e. The van der Waals surface area contributed by atoms with Gasteiger partial charge in [0.1, 0.15) is 5.82 Å². The molecule has 0 unspecified atom stereocenters. The van der Waals surface area contributed by atoms with Gasteiger partial charge in [0, 0.05) is 13.1 Å². The number of hydrogen-bond acceptors (Lipinski definition) is 3. The van der Waals surface area contributed by atoms with Crippen LogP contribution in [0.5, 0.6) is 0 Å². The fraction of sp³-hybridized carbons (Fsp3) is 0.533. The molecule has 0 aliphatic heterocycles. The first-order chi connectivity index (χ1) is 9.69. The van der Waals surface area contributed by atoms with Gasteiger partial charge in [-0.25, -0.2) is 4.39 Å². The molecule has 112 valence electrons. The molecular weight excluding hydrogens is 257 g/mol. The Morgan fingerprint density at radius 3 is 2.75 bits per heavy atom. The van der Waals surface area contributed by atoms with Crippen LogP contribution in [0.15, 0.2) is 24.3 Å². The van der Waals surface area contributed by atoms with Crippen molar-refractivity contribution in [1.82, 2.24) is 5.32 Å². The minimum Gasteiger partial charge on any atom is -0.360 e. The highest BCUT2D eigenvalue weighted by molar-refractivity contribution is 5.81. The van der Waals surface area contributed by atoms with Crippen molar-refractivity contribution in [2.75, 3.05) is 31.1 Å². The lowest BCUT2D eigenvalue weighted by atomic mass is 10.2. The zero-order valence-corrected chi connectivity index (χ0v) is 12.1. The number of nitrogens with one attached hydrogen (secondary N) is 1. The summed E-state index contributed by atoms with van der Waals surface area (Å²) in [6, 6.07) is 6.50. The van der Waals surface area contributed by atoms with E-state index in [0.29, 0.717) is 25.3 Å². The van der Waals surface area contributed by atoms with Gasteiger partial charge in [-0.3, -0.25) is 4.79 Å². The van der Waals surface area contributed by atoms with Gasteiger partial charge in [-0.1, -0.05) is 25.5 Å². The van der Waals surface area contributed by atoms with Crippen molar-refractivity contribution >= 4 is 11.6 Å². The summed E-state index contributed by atoms with van der Waals surface area (Å²) in [4.78, 5) is 13.6. The molecule has 0 saturated carbocycles. The molecule has 3 N–H and O–H groups in total. The quantitative estimate of drug-likeness (QED) is 0.680. The predicted molar refractivity (Wildman–Crippen MR) is 80.2 cm³/mol. The minimum atomic E-state index is -0.314. The van der Waals surface area contributed by atoms with Crippen LogP contribution < -0.4 is 16.0 Å². The Hall–Kier alpha value is -1.62. The van der Waals surface area contributed by atoms with Gasteiger partial charge in [-0.2, -0.15) is 0 Å². The number of halogens is 1. The Bertz CT molecular complexity index is 412. The monoisotopic (exact) mass is 281 g/mol. The average Bonchev–Trinajstić information content (AvgIpc) is 2.44. The van der Waals surface area contributed by atoms with Crippen LogP contribution >= 0.6 is 0 Å². The van der Waals surface area contributed by atoms with Crippen LogP contribution in [0.2, 0.25) is 0 Å². The lowest BCUT2D eigenvalue weighted by Crippen LogP contribution is -2.39. The molecular formula is C15H24FN3O. The summed E-state index contributed by atoms with van der Waals surface area (Å²) >= 11 is 0. The molecule has 1 aromatic rings. The molecule has 1 amide bonds. The molecule has 20 heavy (non-hydrogen) atoms. The van der Waals surface area contributed by atoms with Gasteiger partial charge in [0.25, 0.3) is 0 Å². The van der Waals surface area contributed by atoms with Crippen molar-refractivity contribution < 1.29 is 9.18 Å². The highest BCUT2D eigenvalue weighted by Gasteiger charge is 2.14. The number of unbranched alkanes of at least 4 members (excludes halogenated alkanes) is 1. The Kier molecular flexibility index (Phi) is 7.65. The molecule has 0 aliphatic rings. The number of carbonyl (C=O) groups excluding carboxylic acids is 1. The maximum absolute atomic E-state index is 13.8. The van der Waals surface area contributed by atoms with Crippen molar-refractivity contribution in [3.05, 3.63) is 30.1 Å². The molecule has 0 aromatic heterocycles. The van der Waals surface area contributed by atoms with E-state index in [1.165, 1.54) is 6.07 Å². The van der Waals surface area contributed by atoms with Crippen LogP contribution in [0.3, 0.4) is 0 Å². The zero-order chi connectivity index (χ0) is 14.8. The maximum Gasteiger partial charge on any atom is 0.239 e. The van der Waals surface area contributed by atoms with Gasteiger partial charge in [-0.05, 0) is 31.5 Å². The van der Waals surface area contributed by atoms with Crippen LogP contribution in [0.25, 0.3) is 0 Å². The van der Waals surface area contributed by atoms with Crippen LogP contribution in [0.4, 0.5) is 10.1 Å². The normalized spacial score (nSPS) is 10.3. The fourth-order valence-electron chi connectivity index (χ4n) is 1.91. The molecule has 0 heterocycles.